The topological polar surface area (TPSA) is 80.6 Å². The van der Waals surface area contributed by atoms with Gasteiger partial charge in [-0.25, -0.2) is 9.97 Å². The zero-order valence-electron chi connectivity index (χ0n) is 14.4. The van der Waals surface area contributed by atoms with Gasteiger partial charge in [-0.3, -0.25) is 4.57 Å². The lowest BCUT2D eigenvalue weighted by Gasteiger charge is -2.10. The predicted octanol–water partition coefficient (Wildman–Crippen LogP) is 3.78. The lowest BCUT2D eigenvalue weighted by atomic mass is 10.3. The molecule has 0 atom stereocenters. The largest absolute Gasteiger partial charge is 0.368 e. The first-order chi connectivity index (χ1) is 12.8. The quantitative estimate of drug-likeness (QED) is 0.553. The predicted molar refractivity (Wildman–Crippen MR) is 103 cm³/mol. The molecule has 3 heterocycles. The molecule has 1 aromatic carbocycles. The fraction of sp³-hybridized carbons (Fsp3) is 0.158. The average Bonchev–Trinajstić information content (AvgIpc) is 3.12. The van der Waals surface area contributed by atoms with Crippen LogP contribution in [-0.4, -0.2) is 31.0 Å². The number of anilines is 3. The summed E-state index contributed by atoms with van der Waals surface area (Å²) < 4.78 is 1.96. The van der Waals surface area contributed by atoms with E-state index in [4.69, 9.17) is 0 Å². The maximum atomic E-state index is 4.67. The number of rotatable bonds is 6. The van der Waals surface area contributed by atoms with Crippen molar-refractivity contribution in [3.63, 3.8) is 0 Å². The van der Waals surface area contributed by atoms with Gasteiger partial charge in [-0.05, 0) is 30.7 Å². The van der Waals surface area contributed by atoms with Gasteiger partial charge < -0.3 is 10.6 Å². The third-order valence-corrected chi connectivity index (χ3v) is 3.88. The molecule has 0 saturated carbocycles. The Balaban J connectivity index is 1.82. The molecule has 0 fully saturated rings. The van der Waals surface area contributed by atoms with E-state index >= 15 is 0 Å². The average molecular weight is 345 g/mol. The highest BCUT2D eigenvalue weighted by Gasteiger charge is 2.14. The monoisotopic (exact) mass is 345 g/mol. The minimum atomic E-state index is 0.479. The normalized spacial score (nSPS) is 10.8. The van der Waals surface area contributed by atoms with E-state index in [2.05, 4.69) is 37.5 Å². The van der Waals surface area contributed by atoms with E-state index in [9.17, 15) is 0 Å². The Hall–Kier alpha value is -3.48. The summed E-state index contributed by atoms with van der Waals surface area (Å²) in [5.41, 5.74) is 2.48. The van der Waals surface area contributed by atoms with Crippen LogP contribution < -0.4 is 10.6 Å². The van der Waals surface area contributed by atoms with Crippen molar-refractivity contribution in [1.82, 2.24) is 24.5 Å². The second kappa shape index (κ2) is 7.18. The molecule has 7 heteroatoms. The van der Waals surface area contributed by atoms with Crippen LogP contribution >= 0.6 is 0 Å². The van der Waals surface area contributed by atoms with Crippen molar-refractivity contribution in [2.45, 2.75) is 13.3 Å². The maximum Gasteiger partial charge on any atom is 0.232 e. The summed E-state index contributed by atoms with van der Waals surface area (Å²) in [4.78, 5) is 18.1. The second-order valence-corrected chi connectivity index (χ2v) is 5.78. The number of fused-ring (bicyclic) bond motifs is 1. The molecular weight excluding hydrogens is 326 g/mol. The van der Waals surface area contributed by atoms with Crippen molar-refractivity contribution >= 4 is 28.7 Å². The van der Waals surface area contributed by atoms with E-state index in [1.807, 2.05) is 53.1 Å². The molecule has 0 spiro atoms. The minimum absolute atomic E-state index is 0.479. The number of hydrogen-bond acceptors (Lipinski definition) is 6. The van der Waals surface area contributed by atoms with Crippen LogP contribution in [0.25, 0.3) is 16.9 Å². The van der Waals surface area contributed by atoms with Gasteiger partial charge >= 0.3 is 0 Å². The molecule has 0 unspecified atom stereocenters. The summed E-state index contributed by atoms with van der Waals surface area (Å²) in [6.07, 6.45) is 4.50. The Morgan fingerprint density at radius 1 is 0.962 bits per heavy atom. The molecule has 0 saturated heterocycles. The smallest absolute Gasteiger partial charge is 0.232 e. The molecular formula is C19H19N7. The zero-order valence-corrected chi connectivity index (χ0v) is 14.4. The lowest BCUT2D eigenvalue weighted by molar-refractivity contribution is 0.968. The number of nitrogens with one attached hydrogen (secondary N) is 2. The number of aromatic nitrogens is 5. The van der Waals surface area contributed by atoms with Crippen LogP contribution in [0.4, 0.5) is 17.6 Å². The van der Waals surface area contributed by atoms with Gasteiger partial charge in [-0.2, -0.15) is 9.97 Å². The molecule has 0 aliphatic heterocycles. The molecule has 3 aromatic heterocycles. The Morgan fingerprint density at radius 2 is 1.81 bits per heavy atom. The van der Waals surface area contributed by atoms with Gasteiger partial charge in [0.1, 0.15) is 12.1 Å². The van der Waals surface area contributed by atoms with Gasteiger partial charge in [0.2, 0.25) is 5.95 Å². The Bertz CT molecular complexity index is 997. The van der Waals surface area contributed by atoms with Gasteiger partial charge in [0.25, 0.3) is 0 Å². The van der Waals surface area contributed by atoms with Crippen LogP contribution in [0.2, 0.25) is 0 Å². The summed E-state index contributed by atoms with van der Waals surface area (Å²) in [5.74, 6) is 1.89. The van der Waals surface area contributed by atoms with Crippen LogP contribution in [-0.2, 0) is 0 Å². The summed E-state index contributed by atoms with van der Waals surface area (Å²) in [6, 6.07) is 15.7. The number of benzene rings is 1. The summed E-state index contributed by atoms with van der Waals surface area (Å²) in [5, 5.41) is 6.51. The molecule has 0 aliphatic carbocycles. The molecule has 2 N–H and O–H groups in total. The van der Waals surface area contributed by atoms with Crippen molar-refractivity contribution in [3.05, 3.63) is 61.1 Å². The van der Waals surface area contributed by atoms with Crippen molar-refractivity contribution < 1.29 is 0 Å². The molecule has 0 amide bonds. The van der Waals surface area contributed by atoms with Crippen LogP contribution in [0.15, 0.2) is 61.1 Å². The first-order valence-corrected chi connectivity index (χ1v) is 8.57. The summed E-state index contributed by atoms with van der Waals surface area (Å²) in [7, 11) is 0. The van der Waals surface area contributed by atoms with E-state index in [0.717, 1.165) is 29.8 Å². The van der Waals surface area contributed by atoms with Crippen LogP contribution in [0, 0.1) is 0 Å². The number of nitrogens with zero attached hydrogens (tertiary/aromatic N) is 5. The Kier molecular flexibility index (Phi) is 4.42. The van der Waals surface area contributed by atoms with Crippen LogP contribution in [0.1, 0.15) is 13.3 Å². The van der Waals surface area contributed by atoms with Gasteiger partial charge in [0, 0.05) is 18.4 Å². The van der Waals surface area contributed by atoms with Gasteiger partial charge in [-0.15, -0.1) is 0 Å². The van der Waals surface area contributed by atoms with Gasteiger partial charge in [0.15, 0.2) is 17.0 Å². The Labute approximate surface area is 151 Å². The van der Waals surface area contributed by atoms with Crippen molar-refractivity contribution in [1.29, 1.82) is 0 Å². The number of hydrogen-bond donors (Lipinski definition) is 2. The highest BCUT2D eigenvalue weighted by molar-refractivity contribution is 5.85. The summed E-state index contributed by atoms with van der Waals surface area (Å²) >= 11 is 0. The van der Waals surface area contributed by atoms with Gasteiger partial charge in [0.05, 0.1) is 0 Å². The van der Waals surface area contributed by atoms with Crippen LogP contribution in [0.5, 0.6) is 0 Å². The highest BCUT2D eigenvalue weighted by atomic mass is 15.2. The first-order valence-electron chi connectivity index (χ1n) is 8.57. The lowest BCUT2D eigenvalue weighted by Crippen LogP contribution is -2.07. The molecule has 7 nitrogen and oxygen atoms in total. The fourth-order valence-corrected chi connectivity index (χ4v) is 2.65. The van der Waals surface area contributed by atoms with Crippen molar-refractivity contribution in [2.75, 3.05) is 17.2 Å². The van der Waals surface area contributed by atoms with E-state index in [-0.39, 0.29) is 0 Å². The van der Waals surface area contributed by atoms with E-state index < -0.39 is 0 Å². The Morgan fingerprint density at radius 3 is 2.58 bits per heavy atom. The van der Waals surface area contributed by atoms with E-state index in [0.29, 0.717) is 17.6 Å². The maximum absolute atomic E-state index is 4.67. The van der Waals surface area contributed by atoms with Gasteiger partial charge in [-0.1, -0.05) is 31.2 Å². The molecule has 0 radical (unpaired) electrons. The number of pyridine rings is 1. The van der Waals surface area contributed by atoms with Crippen molar-refractivity contribution in [2.24, 2.45) is 0 Å². The minimum Gasteiger partial charge on any atom is -0.368 e. The molecule has 0 aliphatic rings. The molecule has 130 valence electrons. The molecule has 0 bridgehead atoms. The molecule has 4 rings (SSSR count). The highest BCUT2D eigenvalue weighted by Crippen LogP contribution is 2.24. The second-order valence-electron chi connectivity index (χ2n) is 5.78. The third-order valence-electron chi connectivity index (χ3n) is 3.88. The van der Waals surface area contributed by atoms with E-state index in [1.165, 1.54) is 0 Å². The standard InChI is InChI=1S/C19H19N7/c1-2-11-21-17-16-18(26(13-22-16)14-8-4-3-5-9-14)25-19(24-17)23-15-10-6-7-12-20-15/h3-10,12-13H,2,11H2,1H3,(H2,20,21,23,24,25). The van der Waals surface area contributed by atoms with Crippen LogP contribution in [0.3, 0.4) is 0 Å². The summed E-state index contributed by atoms with van der Waals surface area (Å²) in [6.45, 7) is 2.92. The third kappa shape index (κ3) is 3.19. The first kappa shape index (κ1) is 16.0. The molecule has 4 aromatic rings. The van der Waals surface area contributed by atoms with E-state index in [1.54, 1.807) is 12.5 Å². The SMILES string of the molecule is CCCNc1nc(Nc2ccccn2)nc2c1ncn2-c1ccccc1. The fourth-order valence-electron chi connectivity index (χ4n) is 2.65. The number of para-hydroxylation sites is 1. The zero-order chi connectivity index (χ0) is 17.8. The molecule has 26 heavy (non-hydrogen) atoms. The number of imidazole rings is 1. The van der Waals surface area contributed by atoms with Crippen molar-refractivity contribution in [3.8, 4) is 5.69 Å².